The van der Waals surface area contributed by atoms with E-state index >= 15 is 0 Å². The smallest absolute Gasteiger partial charge is 0.253 e. The normalized spacial score (nSPS) is 17.4. The number of carbonyl (C=O) groups excluding carboxylic acids is 1. The summed E-state index contributed by atoms with van der Waals surface area (Å²) in [6.07, 6.45) is 1.96. The van der Waals surface area contributed by atoms with Gasteiger partial charge in [-0.3, -0.25) is 4.79 Å². The molecule has 0 radical (unpaired) electrons. The highest BCUT2D eigenvalue weighted by atomic mass is 16.3. The van der Waals surface area contributed by atoms with Crippen LogP contribution >= 0.6 is 0 Å². The first kappa shape index (κ1) is 17.5. The van der Waals surface area contributed by atoms with Crippen LogP contribution in [0.3, 0.4) is 0 Å². The van der Waals surface area contributed by atoms with Gasteiger partial charge < -0.3 is 15.3 Å². The SMILES string of the molecule is Cc1ccccc1CNc1cccc(C(=O)N2CCCC(CO)C2)c1. The van der Waals surface area contributed by atoms with Gasteiger partial charge in [-0.15, -0.1) is 0 Å². The highest BCUT2D eigenvalue weighted by Crippen LogP contribution is 2.20. The summed E-state index contributed by atoms with van der Waals surface area (Å²) in [6, 6.07) is 16.0. The van der Waals surface area contributed by atoms with Crippen molar-refractivity contribution in [1.82, 2.24) is 4.90 Å². The molecule has 2 aromatic carbocycles. The number of amides is 1. The average molecular weight is 338 g/mol. The van der Waals surface area contributed by atoms with Crippen molar-refractivity contribution in [3.63, 3.8) is 0 Å². The molecule has 1 amide bonds. The zero-order chi connectivity index (χ0) is 17.6. The lowest BCUT2D eigenvalue weighted by Crippen LogP contribution is -2.40. The first-order valence-electron chi connectivity index (χ1n) is 8.96. The van der Waals surface area contributed by atoms with Crippen molar-refractivity contribution in [1.29, 1.82) is 0 Å². The summed E-state index contributed by atoms with van der Waals surface area (Å²) in [5.74, 6) is 0.262. The Kier molecular flexibility index (Phi) is 5.71. The fraction of sp³-hybridized carbons (Fsp3) is 0.381. The van der Waals surface area contributed by atoms with Crippen molar-refractivity contribution in [3.05, 3.63) is 65.2 Å². The van der Waals surface area contributed by atoms with E-state index in [-0.39, 0.29) is 18.4 Å². The molecule has 1 atom stereocenters. The summed E-state index contributed by atoms with van der Waals surface area (Å²) in [4.78, 5) is 14.6. The third-order valence-corrected chi connectivity index (χ3v) is 4.92. The highest BCUT2D eigenvalue weighted by molar-refractivity contribution is 5.95. The number of hydrogen-bond donors (Lipinski definition) is 2. The van der Waals surface area contributed by atoms with Gasteiger partial charge >= 0.3 is 0 Å². The molecule has 1 saturated heterocycles. The summed E-state index contributed by atoms with van der Waals surface area (Å²) < 4.78 is 0. The molecule has 0 aromatic heterocycles. The molecule has 0 bridgehead atoms. The van der Waals surface area contributed by atoms with Gasteiger partial charge in [0.05, 0.1) is 0 Å². The minimum absolute atomic E-state index is 0.0534. The van der Waals surface area contributed by atoms with E-state index in [0.717, 1.165) is 31.6 Å². The second kappa shape index (κ2) is 8.17. The maximum absolute atomic E-state index is 12.8. The van der Waals surface area contributed by atoms with E-state index < -0.39 is 0 Å². The summed E-state index contributed by atoms with van der Waals surface area (Å²) in [6.45, 7) is 4.42. The molecule has 1 fully saturated rings. The molecule has 3 rings (SSSR count). The van der Waals surface area contributed by atoms with Gasteiger partial charge in [-0.05, 0) is 55.0 Å². The number of benzene rings is 2. The standard InChI is InChI=1S/C21H26N2O2/c1-16-6-2-3-8-19(16)13-22-20-10-4-9-18(12-20)21(25)23-11-5-7-17(14-23)15-24/h2-4,6,8-10,12,17,22,24H,5,7,11,13-15H2,1H3. The topological polar surface area (TPSA) is 52.6 Å². The molecular formula is C21H26N2O2. The molecule has 1 aliphatic rings. The van der Waals surface area contributed by atoms with Gasteiger partial charge in [0.2, 0.25) is 0 Å². The van der Waals surface area contributed by atoms with Gasteiger partial charge in [-0.25, -0.2) is 0 Å². The van der Waals surface area contributed by atoms with Crippen LogP contribution in [0.1, 0.15) is 34.3 Å². The Balaban J connectivity index is 1.66. The summed E-state index contributed by atoms with van der Waals surface area (Å²) in [7, 11) is 0. The van der Waals surface area contributed by atoms with Crippen LogP contribution in [0.2, 0.25) is 0 Å². The molecule has 1 aliphatic heterocycles. The Hall–Kier alpha value is -2.33. The predicted octanol–water partition coefficient (Wildman–Crippen LogP) is 3.45. The number of likely N-dealkylation sites (tertiary alicyclic amines) is 1. The van der Waals surface area contributed by atoms with Crippen LogP contribution in [-0.4, -0.2) is 35.6 Å². The third kappa shape index (κ3) is 4.40. The summed E-state index contributed by atoms with van der Waals surface area (Å²) in [5.41, 5.74) is 4.16. The Morgan fingerprint density at radius 3 is 2.88 bits per heavy atom. The molecular weight excluding hydrogens is 312 g/mol. The van der Waals surface area contributed by atoms with Gasteiger partial charge in [-0.2, -0.15) is 0 Å². The lowest BCUT2D eigenvalue weighted by Gasteiger charge is -2.32. The maximum atomic E-state index is 12.8. The van der Waals surface area contributed by atoms with Gasteiger partial charge in [-0.1, -0.05) is 30.3 Å². The second-order valence-electron chi connectivity index (χ2n) is 6.80. The van der Waals surface area contributed by atoms with Crippen molar-refractivity contribution in [3.8, 4) is 0 Å². The molecule has 0 saturated carbocycles. The number of rotatable bonds is 5. The number of hydrogen-bond acceptors (Lipinski definition) is 3. The number of nitrogens with zero attached hydrogens (tertiary/aromatic N) is 1. The first-order valence-corrected chi connectivity index (χ1v) is 8.96. The van der Waals surface area contributed by atoms with Crippen molar-refractivity contribution < 1.29 is 9.90 Å². The lowest BCUT2D eigenvalue weighted by molar-refractivity contribution is 0.0621. The molecule has 1 unspecified atom stereocenters. The Morgan fingerprint density at radius 1 is 1.24 bits per heavy atom. The third-order valence-electron chi connectivity index (χ3n) is 4.92. The summed E-state index contributed by atoms with van der Waals surface area (Å²) >= 11 is 0. The molecule has 4 heteroatoms. The van der Waals surface area contributed by atoms with Crippen molar-refractivity contribution in [2.45, 2.75) is 26.3 Å². The van der Waals surface area contributed by atoms with Gasteiger partial charge in [0, 0.05) is 37.5 Å². The molecule has 132 valence electrons. The Bertz CT molecular complexity index is 729. The molecule has 0 aliphatic carbocycles. The molecule has 25 heavy (non-hydrogen) atoms. The number of carbonyl (C=O) groups is 1. The fourth-order valence-electron chi connectivity index (χ4n) is 3.35. The second-order valence-corrected chi connectivity index (χ2v) is 6.80. The lowest BCUT2D eigenvalue weighted by atomic mass is 9.98. The quantitative estimate of drug-likeness (QED) is 0.878. The van der Waals surface area contributed by atoms with Crippen molar-refractivity contribution >= 4 is 11.6 Å². The average Bonchev–Trinajstić information content (AvgIpc) is 2.67. The number of aliphatic hydroxyl groups is 1. The van der Waals surface area contributed by atoms with E-state index in [0.29, 0.717) is 12.1 Å². The number of aliphatic hydroxyl groups excluding tert-OH is 1. The predicted molar refractivity (Wildman–Crippen MR) is 101 cm³/mol. The zero-order valence-electron chi connectivity index (χ0n) is 14.7. The van der Waals surface area contributed by atoms with E-state index in [1.54, 1.807) is 0 Å². The van der Waals surface area contributed by atoms with Crippen LogP contribution in [0.25, 0.3) is 0 Å². The Labute approximate surface area is 149 Å². The van der Waals surface area contributed by atoms with Gasteiger partial charge in [0.1, 0.15) is 0 Å². The van der Waals surface area contributed by atoms with E-state index in [1.807, 2.05) is 41.3 Å². The van der Waals surface area contributed by atoms with Crippen LogP contribution in [-0.2, 0) is 6.54 Å². The van der Waals surface area contributed by atoms with E-state index in [2.05, 4.69) is 24.4 Å². The zero-order valence-corrected chi connectivity index (χ0v) is 14.7. The van der Waals surface area contributed by atoms with Crippen molar-refractivity contribution in [2.24, 2.45) is 5.92 Å². The van der Waals surface area contributed by atoms with Crippen LogP contribution in [0, 0.1) is 12.8 Å². The van der Waals surface area contributed by atoms with Gasteiger partial charge in [0.15, 0.2) is 0 Å². The summed E-state index contributed by atoms with van der Waals surface area (Å²) in [5, 5.41) is 12.8. The Morgan fingerprint density at radius 2 is 2.08 bits per heavy atom. The number of piperidine rings is 1. The van der Waals surface area contributed by atoms with Crippen LogP contribution in [0.5, 0.6) is 0 Å². The minimum atomic E-state index is 0.0534. The number of anilines is 1. The van der Waals surface area contributed by atoms with Crippen LogP contribution in [0.15, 0.2) is 48.5 Å². The first-order chi connectivity index (χ1) is 12.2. The van der Waals surface area contributed by atoms with Crippen LogP contribution in [0.4, 0.5) is 5.69 Å². The molecule has 1 heterocycles. The maximum Gasteiger partial charge on any atom is 0.253 e. The molecule has 2 N–H and O–H groups in total. The highest BCUT2D eigenvalue weighted by Gasteiger charge is 2.24. The van der Waals surface area contributed by atoms with E-state index in [4.69, 9.17) is 0 Å². The largest absolute Gasteiger partial charge is 0.396 e. The minimum Gasteiger partial charge on any atom is -0.396 e. The van der Waals surface area contributed by atoms with Crippen LogP contribution < -0.4 is 5.32 Å². The number of aryl methyl sites for hydroxylation is 1. The fourth-order valence-corrected chi connectivity index (χ4v) is 3.35. The number of nitrogens with one attached hydrogen (secondary N) is 1. The monoisotopic (exact) mass is 338 g/mol. The molecule has 0 spiro atoms. The van der Waals surface area contributed by atoms with Crippen molar-refractivity contribution in [2.75, 3.05) is 25.0 Å². The molecule has 2 aromatic rings. The van der Waals surface area contributed by atoms with Gasteiger partial charge in [0.25, 0.3) is 5.91 Å². The van der Waals surface area contributed by atoms with E-state index in [1.165, 1.54) is 11.1 Å². The molecule has 4 nitrogen and oxygen atoms in total. The van der Waals surface area contributed by atoms with E-state index in [9.17, 15) is 9.90 Å².